The van der Waals surface area contributed by atoms with E-state index in [1.54, 1.807) is 12.1 Å². The topological polar surface area (TPSA) is 70.7 Å². The van der Waals surface area contributed by atoms with Crippen molar-refractivity contribution in [2.75, 3.05) is 36.5 Å². The van der Waals surface area contributed by atoms with E-state index in [0.717, 1.165) is 15.9 Å². The average Bonchev–Trinajstić information content (AvgIpc) is 2.66. The maximum atomic E-state index is 12.1. The van der Waals surface area contributed by atoms with E-state index in [4.69, 9.17) is 16.3 Å². The fraction of sp³-hybridized carbons (Fsp3) is 0.300. The molecule has 0 spiro atoms. The smallest absolute Gasteiger partial charge is 0.239 e. The summed E-state index contributed by atoms with van der Waals surface area (Å²) >= 11 is 9.78. The van der Waals surface area contributed by atoms with Crippen molar-refractivity contribution in [2.24, 2.45) is 0 Å². The lowest BCUT2D eigenvalue weighted by molar-refractivity contribution is -0.120. The van der Waals surface area contributed by atoms with Crippen LogP contribution in [0.1, 0.15) is 12.8 Å². The Morgan fingerprint density at radius 2 is 2.11 bits per heavy atom. The van der Waals surface area contributed by atoms with Crippen molar-refractivity contribution in [3.63, 3.8) is 0 Å². The molecule has 1 aliphatic heterocycles. The van der Waals surface area contributed by atoms with Gasteiger partial charge in [0.05, 0.1) is 28.3 Å². The molecule has 1 heterocycles. The van der Waals surface area contributed by atoms with Gasteiger partial charge in [0.25, 0.3) is 0 Å². The molecule has 1 fully saturated rings. The summed E-state index contributed by atoms with van der Waals surface area (Å²) < 4.78 is 6.55. The van der Waals surface area contributed by atoms with Gasteiger partial charge in [-0.05, 0) is 52.7 Å². The molecule has 0 unspecified atom stereocenters. The lowest BCUT2D eigenvalue weighted by atomic mass is 10.2. The molecule has 0 saturated carbocycles. The Morgan fingerprint density at radius 1 is 1.29 bits per heavy atom. The number of hydrogen-bond donors (Lipinski definition) is 2. The van der Waals surface area contributed by atoms with Crippen molar-refractivity contribution in [1.29, 1.82) is 0 Å². The zero-order valence-electron chi connectivity index (χ0n) is 15.2. The van der Waals surface area contributed by atoms with E-state index in [-0.39, 0.29) is 18.4 Å². The number of piperazine rings is 1. The molecule has 2 amide bonds. The summed E-state index contributed by atoms with van der Waals surface area (Å²) in [7, 11) is 0. The quantitative estimate of drug-likeness (QED) is 0.608. The number of nitrogens with zero attached hydrogens (tertiary/aromatic N) is 1. The summed E-state index contributed by atoms with van der Waals surface area (Å²) in [6.07, 6.45) is 0.942. The number of halogens is 2. The summed E-state index contributed by atoms with van der Waals surface area (Å²) in [5, 5.41) is 6.13. The van der Waals surface area contributed by atoms with Crippen LogP contribution in [-0.2, 0) is 9.59 Å². The van der Waals surface area contributed by atoms with Crippen LogP contribution in [0.4, 0.5) is 11.4 Å². The lowest BCUT2D eigenvalue weighted by Crippen LogP contribution is -2.47. The molecule has 148 valence electrons. The summed E-state index contributed by atoms with van der Waals surface area (Å²) in [5.74, 6) is 0.637. The summed E-state index contributed by atoms with van der Waals surface area (Å²) in [5.41, 5.74) is 1.42. The van der Waals surface area contributed by atoms with E-state index in [9.17, 15) is 9.59 Å². The first-order chi connectivity index (χ1) is 13.5. The second kappa shape index (κ2) is 9.80. The molecule has 0 bridgehead atoms. The fourth-order valence-electron chi connectivity index (χ4n) is 2.89. The molecule has 2 aromatic rings. The van der Waals surface area contributed by atoms with Gasteiger partial charge in [-0.25, -0.2) is 0 Å². The Hall–Kier alpha value is -2.25. The summed E-state index contributed by atoms with van der Waals surface area (Å²) in [4.78, 5) is 25.6. The lowest BCUT2D eigenvalue weighted by Gasteiger charge is -2.29. The number of rotatable bonds is 7. The van der Waals surface area contributed by atoms with Crippen molar-refractivity contribution in [2.45, 2.75) is 12.8 Å². The van der Waals surface area contributed by atoms with Crippen molar-refractivity contribution >= 4 is 50.7 Å². The number of hydrogen-bond acceptors (Lipinski definition) is 4. The molecule has 1 saturated heterocycles. The van der Waals surface area contributed by atoms with Crippen LogP contribution in [0.15, 0.2) is 46.9 Å². The van der Waals surface area contributed by atoms with E-state index >= 15 is 0 Å². The van der Waals surface area contributed by atoms with Crippen LogP contribution in [0.5, 0.6) is 5.75 Å². The number of amides is 2. The average molecular weight is 467 g/mol. The molecule has 0 radical (unpaired) electrons. The number of para-hydroxylation sites is 1. The second-order valence-corrected chi connectivity index (χ2v) is 7.63. The van der Waals surface area contributed by atoms with Gasteiger partial charge >= 0.3 is 0 Å². The first kappa shape index (κ1) is 20.5. The minimum atomic E-state index is -0.100. The van der Waals surface area contributed by atoms with E-state index < -0.39 is 0 Å². The van der Waals surface area contributed by atoms with Crippen LogP contribution in [0.3, 0.4) is 0 Å². The van der Waals surface area contributed by atoms with E-state index in [2.05, 4.69) is 26.6 Å². The molecule has 0 atom stereocenters. The first-order valence-electron chi connectivity index (χ1n) is 9.01. The van der Waals surface area contributed by atoms with Gasteiger partial charge in [0.15, 0.2) is 0 Å². The maximum absolute atomic E-state index is 12.1. The standard InChI is InChI=1S/C20H21BrClN3O3/c21-15-4-1-2-5-18(15)28-11-3-6-19(26)24-14-7-8-17(16(22)12-14)25-10-9-23-20(27)13-25/h1-2,4-5,7-8,12H,3,6,9-11,13H2,(H,23,27)(H,24,26). The molecule has 0 aliphatic carbocycles. The Balaban J connectivity index is 1.47. The largest absolute Gasteiger partial charge is 0.492 e. The Bertz CT molecular complexity index is 862. The highest BCUT2D eigenvalue weighted by atomic mass is 79.9. The van der Waals surface area contributed by atoms with Crippen molar-refractivity contribution in [3.8, 4) is 5.75 Å². The highest BCUT2D eigenvalue weighted by Crippen LogP contribution is 2.29. The molecule has 0 aromatic heterocycles. The van der Waals surface area contributed by atoms with Gasteiger partial charge in [-0.3, -0.25) is 9.59 Å². The predicted molar refractivity (Wildman–Crippen MR) is 114 cm³/mol. The van der Waals surface area contributed by atoms with Crippen molar-refractivity contribution in [3.05, 3.63) is 52.0 Å². The van der Waals surface area contributed by atoms with E-state index in [1.807, 2.05) is 35.2 Å². The third-order valence-electron chi connectivity index (χ3n) is 4.25. The number of ether oxygens (including phenoxy) is 1. The molecule has 6 nitrogen and oxygen atoms in total. The zero-order chi connectivity index (χ0) is 19.9. The molecule has 1 aliphatic rings. The van der Waals surface area contributed by atoms with Crippen LogP contribution in [-0.4, -0.2) is 38.1 Å². The third-order valence-corrected chi connectivity index (χ3v) is 5.21. The molecule has 2 N–H and O–H groups in total. The van der Waals surface area contributed by atoms with E-state index in [0.29, 0.717) is 43.2 Å². The minimum absolute atomic E-state index is 0.0237. The summed E-state index contributed by atoms with van der Waals surface area (Å²) in [6, 6.07) is 12.9. The third kappa shape index (κ3) is 5.62. The molecule has 2 aromatic carbocycles. The van der Waals surface area contributed by atoms with Gasteiger partial charge in [-0.1, -0.05) is 23.7 Å². The van der Waals surface area contributed by atoms with Crippen molar-refractivity contribution < 1.29 is 14.3 Å². The Kier molecular flexibility index (Phi) is 7.17. The van der Waals surface area contributed by atoms with Gasteiger partial charge in [0.2, 0.25) is 11.8 Å². The highest BCUT2D eigenvalue weighted by molar-refractivity contribution is 9.10. The zero-order valence-corrected chi connectivity index (χ0v) is 17.6. The van der Waals surface area contributed by atoms with Crippen LogP contribution in [0.25, 0.3) is 0 Å². The first-order valence-corrected chi connectivity index (χ1v) is 10.2. The number of benzene rings is 2. The monoisotopic (exact) mass is 465 g/mol. The van der Waals surface area contributed by atoms with Crippen molar-refractivity contribution in [1.82, 2.24) is 5.32 Å². The van der Waals surface area contributed by atoms with Crippen LogP contribution < -0.4 is 20.3 Å². The van der Waals surface area contributed by atoms with Gasteiger partial charge in [-0.15, -0.1) is 0 Å². The molecule has 28 heavy (non-hydrogen) atoms. The molecule has 8 heteroatoms. The molecule has 3 rings (SSSR count). The molecular weight excluding hydrogens is 446 g/mol. The second-order valence-electron chi connectivity index (χ2n) is 6.37. The van der Waals surface area contributed by atoms with Crippen LogP contribution in [0.2, 0.25) is 5.02 Å². The van der Waals surface area contributed by atoms with E-state index in [1.165, 1.54) is 0 Å². The van der Waals surface area contributed by atoms with Crippen LogP contribution in [0, 0.1) is 0 Å². The van der Waals surface area contributed by atoms with Gasteiger partial charge in [0.1, 0.15) is 5.75 Å². The number of anilines is 2. The summed E-state index contributed by atoms with van der Waals surface area (Å²) in [6.45, 7) is 2.03. The normalized spacial score (nSPS) is 13.8. The number of carbonyl (C=O) groups is 2. The predicted octanol–water partition coefficient (Wildman–Crippen LogP) is 3.84. The number of nitrogens with one attached hydrogen (secondary N) is 2. The Morgan fingerprint density at radius 3 is 2.86 bits per heavy atom. The maximum Gasteiger partial charge on any atom is 0.239 e. The fourth-order valence-corrected chi connectivity index (χ4v) is 3.58. The SMILES string of the molecule is O=C1CN(c2ccc(NC(=O)CCCOc3ccccc3Br)cc2Cl)CCN1. The molecular formula is C20H21BrClN3O3. The minimum Gasteiger partial charge on any atom is -0.492 e. The Labute approximate surface area is 177 Å². The van der Waals surface area contributed by atoms with Gasteiger partial charge < -0.3 is 20.3 Å². The van der Waals surface area contributed by atoms with Gasteiger partial charge in [-0.2, -0.15) is 0 Å². The number of carbonyl (C=O) groups excluding carboxylic acids is 2. The van der Waals surface area contributed by atoms with Crippen LogP contribution >= 0.6 is 27.5 Å². The highest BCUT2D eigenvalue weighted by Gasteiger charge is 2.18. The van der Waals surface area contributed by atoms with Gasteiger partial charge in [0, 0.05) is 25.2 Å².